The molecule has 4 aromatic rings. The fourth-order valence-electron chi connectivity index (χ4n) is 2.77. The zero-order valence-electron chi connectivity index (χ0n) is 16.6. The van der Waals surface area contributed by atoms with E-state index in [0.717, 1.165) is 20.5 Å². The maximum absolute atomic E-state index is 13.4. The lowest BCUT2D eigenvalue weighted by Gasteiger charge is -2.05. The van der Waals surface area contributed by atoms with Crippen LogP contribution in [-0.4, -0.2) is 27.0 Å². The Labute approximate surface area is 203 Å². The minimum Gasteiger partial charge on any atom is -0.346 e. The molecule has 0 aliphatic heterocycles. The zero-order chi connectivity index (χ0) is 23.7. The SMILES string of the molecule is Cc1nc(-c2ccc(Cl)s2)sc1CNC(=O)c1cc(NC(=O)c2cc(F)c(F)cc2Cl)[nH]n1. The van der Waals surface area contributed by atoms with E-state index < -0.39 is 23.4 Å². The molecule has 0 aliphatic rings. The lowest BCUT2D eigenvalue weighted by molar-refractivity contribution is 0.0945. The summed E-state index contributed by atoms with van der Waals surface area (Å²) in [6.07, 6.45) is 0. The van der Waals surface area contributed by atoms with Crippen molar-refractivity contribution in [3.05, 3.63) is 73.2 Å². The normalized spacial score (nSPS) is 10.9. The Morgan fingerprint density at radius 3 is 2.58 bits per heavy atom. The molecule has 0 unspecified atom stereocenters. The molecule has 0 saturated carbocycles. The molecule has 0 radical (unpaired) electrons. The second-order valence-electron chi connectivity index (χ2n) is 6.68. The molecule has 2 amide bonds. The predicted molar refractivity (Wildman–Crippen MR) is 124 cm³/mol. The van der Waals surface area contributed by atoms with E-state index >= 15 is 0 Å². The maximum Gasteiger partial charge on any atom is 0.272 e. The molecular weight excluding hydrogens is 515 g/mol. The Bertz CT molecular complexity index is 1370. The summed E-state index contributed by atoms with van der Waals surface area (Å²) in [5, 5.41) is 12.1. The Morgan fingerprint density at radius 2 is 1.85 bits per heavy atom. The number of amides is 2. The minimum atomic E-state index is -1.21. The summed E-state index contributed by atoms with van der Waals surface area (Å²) in [4.78, 5) is 31.1. The second-order valence-corrected chi connectivity index (χ2v) is 9.89. The van der Waals surface area contributed by atoms with E-state index in [9.17, 15) is 18.4 Å². The van der Waals surface area contributed by atoms with Gasteiger partial charge in [0.1, 0.15) is 10.8 Å². The summed E-state index contributed by atoms with van der Waals surface area (Å²) in [5.74, 6) is -3.57. The minimum absolute atomic E-state index is 0.0223. The number of anilines is 1. The number of nitrogens with one attached hydrogen (secondary N) is 3. The van der Waals surface area contributed by atoms with Gasteiger partial charge < -0.3 is 10.6 Å². The Kier molecular flexibility index (Phi) is 6.75. The average Bonchev–Trinajstić information content (AvgIpc) is 3.49. The molecule has 3 heterocycles. The molecule has 0 atom stereocenters. The van der Waals surface area contributed by atoms with Crippen LogP contribution in [0.15, 0.2) is 30.3 Å². The van der Waals surface area contributed by atoms with Crippen molar-refractivity contribution in [3.63, 3.8) is 0 Å². The van der Waals surface area contributed by atoms with Gasteiger partial charge in [0.05, 0.1) is 32.0 Å². The van der Waals surface area contributed by atoms with E-state index in [-0.39, 0.29) is 28.6 Å². The van der Waals surface area contributed by atoms with E-state index in [1.807, 2.05) is 13.0 Å². The average molecular weight is 528 g/mol. The number of rotatable bonds is 6. The lowest BCUT2D eigenvalue weighted by atomic mass is 10.2. The molecule has 4 rings (SSSR count). The molecular formula is C20H13Cl2F2N5O2S2. The molecule has 0 bridgehead atoms. The van der Waals surface area contributed by atoms with Crippen LogP contribution in [0.25, 0.3) is 9.88 Å². The Morgan fingerprint density at radius 1 is 1.09 bits per heavy atom. The van der Waals surface area contributed by atoms with Gasteiger partial charge in [-0.1, -0.05) is 23.2 Å². The van der Waals surface area contributed by atoms with Crippen molar-refractivity contribution in [2.24, 2.45) is 0 Å². The number of aromatic nitrogens is 3. The van der Waals surface area contributed by atoms with Crippen molar-refractivity contribution in [2.45, 2.75) is 13.5 Å². The summed E-state index contributed by atoms with van der Waals surface area (Å²) in [6.45, 7) is 2.09. The van der Waals surface area contributed by atoms with E-state index in [4.69, 9.17) is 23.2 Å². The van der Waals surface area contributed by atoms with Gasteiger partial charge in [-0.3, -0.25) is 14.7 Å². The number of thiazole rings is 1. The van der Waals surface area contributed by atoms with Crippen LogP contribution in [0, 0.1) is 18.6 Å². The van der Waals surface area contributed by atoms with Crippen LogP contribution in [0.5, 0.6) is 0 Å². The van der Waals surface area contributed by atoms with Crippen LogP contribution in [-0.2, 0) is 6.54 Å². The van der Waals surface area contributed by atoms with Crippen molar-refractivity contribution in [1.82, 2.24) is 20.5 Å². The van der Waals surface area contributed by atoms with E-state index in [1.165, 1.54) is 28.7 Å². The van der Waals surface area contributed by atoms with Gasteiger partial charge in [0.15, 0.2) is 17.3 Å². The standard InChI is InChI=1S/C20H13Cl2F2N5O2S2/c1-8-15(33-20(26-8)14-2-3-16(22)32-14)7-25-19(31)13-6-17(29-28-13)27-18(30)9-4-11(23)12(24)5-10(9)21/h2-6H,7H2,1H3,(H,25,31)(H2,27,28,29,30). The molecule has 3 aromatic heterocycles. The number of H-pyrrole nitrogens is 1. The third-order valence-corrected chi connectivity index (χ3v) is 7.27. The third kappa shape index (κ3) is 5.22. The van der Waals surface area contributed by atoms with Gasteiger partial charge in [0.25, 0.3) is 11.8 Å². The Balaban J connectivity index is 1.39. The number of benzene rings is 1. The van der Waals surface area contributed by atoms with Crippen LogP contribution >= 0.6 is 45.9 Å². The number of carbonyl (C=O) groups is 2. The molecule has 1 aromatic carbocycles. The maximum atomic E-state index is 13.4. The van der Waals surface area contributed by atoms with Gasteiger partial charge in [-0.25, -0.2) is 13.8 Å². The highest BCUT2D eigenvalue weighted by molar-refractivity contribution is 7.23. The first-order valence-electron chi connectivity index (χ1n) is 9.22. The first-order chi connectivity index (χ1) is 15.7. The number of aromatic amines is 1. The Hall–Kier alpha value is -2.86. The smallest absolute Gasteiger partial charge is 0.272 e. The molecule has 13 heteroatoms. The van der Waals surface area contributed by atoms with E-state index in [2.05, 4.69) is 25.8 Å². The highest BCUT2D eigenvalue weighted by Crippen LogP contribution is 2.34. The van der Waals surface area contributed by atoms with Crippen molar-refractivity contribution in [3.8, 4) is 9.88 Å². The second kappa shape index (κ2) is 9.56. The molecule has 0 fully saturated rings. The van der Waals surface area contributed by atoms with Crippen LogP contribution < -0.4 is 10.6 Å². The number of halogens is 4. The molecule has 0 spiro atoms. The van der Waals surface area contributed by atoms with Crippen molar-refractivity contribution in [2.75, 3.05) is 5.32 Å². The number of nitrogens with zero attached hydrogens (tertiary/aromatic N) is 2. The summed E-state index contributed by atoms with van der Waals surface area (Å²) in [7, 11) is 0. The summed E-state index contributed by atoms with van der Waals surface area (Å²) >= 11 is 14.7. The van der Waals surface area contributed by atoms with E-state index in [0.29, 0.717) is 16.5 Å². The fraction of sp³-hybridized carbons (Fsp3) is 0.100. The third-order valence-electron chi connectivity index (χ3n) is 4.40. The van der Waals surface area contributed by atoms with Crippen LogP contribution in [0.1, 0.15) is 31.4 Å². The number of hydrogen-bond donors (Lipinski definition) is 3. The highest BCUT2D eigenvalue weighted by atomic mass is 35.5. The monoisotopic (exact) mass is 527 g/mol. The fourth-order valence-corrected chi connectivity index (χ4v) is 5.10. The molecule has 170 valence electrons. The summed E-state index contributed by atoms with van der Waals surface area (Å²) in [6, 6.07) is 6.39. The largest absolute Gasteiger partial charge is 0.346 e. The summed E-state index contributed by atoms with van der Waals surface area (Å²) < 4.78 is 27.3. The van der Waals surface area contributed by atoms with Gasteiger partial charge in [-0.15, -0.1) is 22.7 Å². The van der Waals surface area contributed by atoms with Crippen molar-refractivity contribution < 1.29 is 18.4 Å². The van der Waals surface area contributed by atoms with Gasteiger partial charge >= 0.3 is 0 Å². The van der Waals surface area contributed by atoms with Gasteiger partial charge in [0, 0.05) is 10.9 Å². The van der Waals surface area contributed by atoms with Gasteiger partial charge in [0.2, 0.25) is 0 Å². The van der Waals surface area contributed by atoms with Crippen LogP contribution in [0.3, 0.4) is 0 Å². The number of thiophene rings is 1. The number of hydrogen-bond acceptors (Lipinski definition) is 6. The van der Waals surface area contributed by atoms with Crippen molar-refractivity contribution >= 4 is 63.5 Å². The van der Waals surface area contributed by atoms with E-state index in [1.54, 1.807) is 6.07 Å². The predicted octanol–water partition coefficient (Wildman–Crippen LogP) is 5.67. The van der Waals surface area contributed by atoms with Crippen LogP contribution in [0.4, 0.5) is 14.6 Å². The molecule has 3 N–H and O–H groups in total. The lowest BCUT2D eigenvalue weighted by Crippen LogP contribution is -2.23. The van der Waals surface area contributed by atoms with Gasteiger partial charge in [-0.05, 0) is 31.2 Å². The quantitative estimate of drug-likeness (QED) is 0.281. The molecule has 7 nitrogen and oxygen atoms in total. The van der Waals surface area contributed by atoms with Crippen LogP contribution in [0.2, 0.25) is 9.36 Å². The number of carbonyl (C=O) groups excluding carboxylic acids is 2. The first-order valence-corrected chi connectivity index (χ1v) is 11.6. The van der Waals surface area contributed by atoms with Crippen molar-refractivity contribution in [1.29, 1.82) is 0 Å². The molecule has 33 heavy (non-hydrogen) atoms. The molecule has 0 saturated heterocycles. The van der Waals surface area contributed by atoms with Gasteiger partial charge in [-0.2, -0.15) is 5.10 Å². The number of aryl methyl sites for hydroxylation is 1. The topological polar surface area (TPSA) is 99.8 Å². The molecule has 0 aliphatic carbocycles. The summed E-state index contributed by atoms with van der Waals surface area (Å²) in [5.41, 5.74) is 0.548. The highest BCUT2D eigenvalue weighted by Gasteiger charge is 2.18. The zero-order valence-corrected chi connectivity index (χ0v) is 19.8. The first kappa shape index (κ1) is 23.3.